The highest BCUT2D eigenvalue weighted by atomic mass is 79.9. The molecule has 20 heavy (non-hydrogen) atoms. The van der Waals surface area contributed by atoms with Gasteiger partial charge in [0.25, 0.3) is 5.91 Å². The number of hydrogen-bond acceptors (Lipinski definition) is 1. The number of nitrogens with one attached hydrogen (secondary N) is 1. The minimum atomic E-state index is -0.0535. The average Bonchev–Trinajstić information content (AvgIpc) is 2.43. The molecular weight excluding hydrogens is 384 g/mol. The molecule has 0 aliphatic heterocycles. The molecule has 104 valence electrons. The summed E-state index contributed by atoms with van der Waals surface area (Å²) in [5.74, 6) is -0.0535. The van der Waals surface area contributed by atoms with Crippen LogP contribution in [0.3, 0.4) is 0 Å². The number of nitrogens with zero attached hydrogens (tertiary/aromatic N) is 1. The molecule has 0 aliphatic carbocycles. The van der Waals surface area contributed by atoms with Crippen LogP contribution >= 0.6 is 31.9 Å². The topological polar surface area (TPSA) is 33.0 Å². The Labute approximate surface area is 135 Å². The van der Waals surface area contributed by atoms with Crippen LogP contribution in [-0.4, -0.2) is 5.91 Å². The molecule has 0 unspecified atom stereocenters. The molecule has 0 atom stereocenters. The molecule has 0 bridgehead atoms. The molecule has 2 aromatic rings. The molecule has 0 fully saturated rings. The molecule has 0 spiro atoms. The maximum absolute atomic E-state index is 12.0. The van der Waals surface area contributed by atoms with Crippen LogP contribution in [0.25, 0.3) is 0 Å². The quantitative estimate of drug-likeness (QED) is 0.782. The maximum Gasteiger partial charge on any atom is 0.290 e. The number of pyridine rings is 1. The van der Waals surface area contributed by atoms with Crippen LogP contribution in [0, 0.1) is 0 Å². The third kappa shape index (κ3) is 4.15. The van der Waals surface area contributed by atoms with Gasteiger partial charge < -0.3 is 5.32 Å². The zero-order valence-corrected chi connectivity index (χ0v) is 14.2. The van der Waals surface area contributed by atoms with Crippen LogP contribution in [0.5, 0.6) is 0 Å². The van der Waals surface area contributed by atoms with Crippen molar-refractivity contribution in [2.75, 3.05) is 5.32 Å². The Bertz CT molecular complexity index is 612. The number of hydrogen-bond donors (Lipinski definition) is 1. The summed E-state index contributed by atoms with van der Waals surface area (Å²) < 4.78 is 3.68. The van der Waals surface area contributed by atoms with Gasteiger partial charge in [0.1, 0.15) is 0 Å². The van der Waals surface area contributed by atoms with Gasteiger partial charge in [0.15, 0.2) is 12.4 Å². The van der Waals surface area contributed by atoms with Gasteiger partial charge in [0.05, 0.1) is 5.69 Å². The number of rotatable bonds is 4. The number of anilines is 1. The summed E-state index contributed by atoms with van der Waals surface area (Å²) in [5.41, 5.74) is 2.03. The second kappa shape index (κ2) is 6.99. The fourth-order valence-corrected chi connectivity index (χ4v) is 2.92. The Balaban J connectivity index is 2.01. The van der Waals surface area contributed by atoms with Crippen LogP contribution in [0.4, 0.5) is 5.69 Å². The number of carbonyl (C=O) groups excluding carboxylic acids is 1. The van der Waals surface area contributed by atoms with E-state index in [1.165, 1.54) is 5.56 Å². The monoisotopic (exact) mass is 397 g/mol. The molecule has 0 radical (unpaired) electrons. The molecule has 0 saturated heterocycles. The van der Waals surface area contributed by atoms with Crippen molar-refractivity contribution in [3.63, 3.8) is 0 Å². The Kier molecular flexibility index (Phi) is 5.31. The van der Waals surface area contributed by atoms with Crippen molar-refractivity contribution in [2.45, 2.75) is 19.9 Å². The van der Waals surface area contributed by atoms with E-state index in [4.69, 9.17) is 0 Å². The molecule has 1 N–H and O–H groups in total. The van der Waals surface area contributed by atoms with E-state index in [9.17, 15) is 4.79 Å². The van der Waals surface area contributed by atoms with Gasteiger partial charge in [0, 0.05) is 21.1 Å². The van der Waals surface area contributed by atoms with E-state index in [0.717, 1.165) is 21.1 Å². The van der Waals surface area contributed by atoms with Gasteiger partial charge in [0.2, 0.25) is 6.54 Å². The van der Waals surface area contributed by atoms with E-state index in [0.29, 0.717) is 6.54 Å². The maximum atomic E-state index is 12.0. The van der Waals surface area contributed by atoms with Crippen molar-refractivity contribution in [2.24, 2.45) is 0 Å². The molecule has 1 aromatic heterocycles. The fraction of sp³-hybridized carbons (Fsp3) is 0.200. The van der Waals surface area contributed by atoms with Crippen LogP contribution in [0.2, 0.25) is 0 Å². The molecule has 0 saturated carbocycles. The summed E-state index contributed by atoms with van der Waals surface area (Å²) in [5, 5.41) is 2.89. The Morgan fingerprint density at radius 3 is 2.50 bits per heavy atom. The summed E-state index contributed by atoms with van der Waals surface area (Å²) in [6, 6.07) is 9.71. The van der Waals surface area contributed by atoms with E-state index in [1.807, 2.05) is 47.3 Å². The predicted octanol–water partition coefficient (Wildman–Crippen LogP) is 3.70. The number of carbonyl (C=O) groups is 1. The Hall–Kier alpha value is -1.20. The average molecular weight is 399 g/mol. The van der Waals surface area contributed by atoms with Crippen molar-refractivity contribution in [3.8, 4) is 0 Å². The second-order valence-electron chi connectivity index (χ2n) is 4.40. The fourth-order valence-electron chi connectivity index (χ4n) is 1.78. The zero-order chi connectivity index (χ0) is 14.5. The largest absolute Gasteiger partial charge is 0.320 e. The molecular formula is C15H15Br2N2O+. The van der Waals surface area contributed by atoms with Gasteiger partial charge in [-0.2, -0.15) is 4.57 Å². The Morgan fingerprint density at radius 2 is 1.90 bits per heavy atom. The minimum Gasteiger partial charge on any atom is -0.320 e. The number of amides is 1. The van der Waals surface area contributed by atoms with Crippen molar-refractivity contribution >= 4 is 43.5 Å². The molecule has 3 nitrogen and oxygen atoms in total. The van der Waals surface area contributed by atoms with Crippen molar-refractivity contribution in [1.82, 2.24) is 0 Å². The zero-order valence-electron chi connectivity index (χ0n) is 11.1. The van der Waals surface area contributed by atoms with Gasteiger partial charge in [-0.15, -0.1) is 0 Å². The van der Waals surface area contributed by atoms with Gasteiger partial charge >= 0.3 is 0 Å². The van der Waals surface area contributed by atoms with Crippen molar-refractivity contribution < 1.29 is 9.36 Å². The number of aromatic nitrogens is 1. The molecule has 2 rings (SSSR count). The van der Waals surface area contributed by atoms with E-state index >= 15 is 0 Å². The Morgan fingerprint density at radius 1 is 1.20 bits per heavy atom. The SMILES string of the molecule is CCc1cc[n+](CC(=O)Nc2ccc(Br)cc2Br)cc1. The first kappa shape index (κ1) is 15.2. The lowest BCUT2D eigenvalue weighted by Gasteiger charge is -2.06. The van der Waals surface area contributed by atoms with E-state index < -0.39 is 0 Å². The highest BCUT2D eigenvalue weighted by molar-refractivity contribution is 9.11. The molecule has 1 aromatic carbocycles. The highest BCUT2D eigenvalue weighted by Crippen LogP contribution is 2.25. The van der Waals surface area contributed by atoms with Gasteiger partial charge in [-0.1, -0.05) is 22.9 Å². The van der Waals surface area contributed by atoms with Crippen LogP contribution in [0.1, 0.15) is 12.5 Å². The minimum absolute atomic E-state index is 0.0535. The number of aryl methyl sites for hydroxylation is 1. The lowest BCUT2D eigenvalue weighted by Crippen LogP contribution is -2.39. The van der Waals surface area contributed by atoms with E-state index in [1.54, 1.807) is 0 Å². The summed E-state index contributed by atoms with van der Waals surface area (Å²) in [6.45, 7) is 2.41. The standard InChI is InChI=1S/C15H14Br2N2O/c1-2-11-5-7-19(8-6-11)10-15(20)18-14-4-3-12(16)9-13(14)17/h3-9H,2,10H2,1H3/p+1. The molecule has 0 aliphatic rings. The number of benzene rings is 1. The van der Waals surface area contributed by atoms with Crippen LogP contribution in [-0.2, 0) is 17.8 Å². The van der Waals surface area contributed by atoms with Gasteiger partial charge in [-0.05, 0) is 46.1 Å². The van der Waals surface area contributed by atoms with Crippen molar-refractivity contribution in [1.29, 1.82) is 0 Å². The van der Waals surface area contributed by atoms with Gasteiger partial charge in [-0.25, -0.2) is 0 Å². The van der Waals surface area contributed by atoms with Gasteiger partial charge in [-0.3, -0.25) is 4.79 Å². The second-order valence-corrected chi connectivity index (χ2v) is 6.17. The first-order valence-electron chi connectivity index (χ1n) is 6.31. The van der Waals surface area contributed by atoms with Crippen molar-refractivity contribution in [3.05, 3.63) is 57.2 Å². The highest BCUT2D eigenvalue weighted by Gasteiger charge is 2.11. The molecule has 5 heteroatoms. The smallest absolute Gasteiger partial charge is 0.290 e. The lowest BCUT2D eigenvalue weighted by atomic mass is 10.2. The van der Waals surface area contributed by atoms with E-state index in [-0.39, 0.29) is 5.91 Å². The predicted molar refractivity (Wildman–Crippen MR) is 86.5 cm³/mol. The lowest BCUT2D eigenvalue weighted by molar-refractivity contribution is -0.684. The van der Waals surface area contributed by atoms with E-state index in [2.05, 4.69) is 44.1 Å². The number of halogens is 2. The van der Waals surface area contributed by atoms with Crippen LogP contribution < -0.4 is 9.88 Å². The summed E-state index contributed by atoms with van der Waals surface area (Å²) in [4.78, 5) is 12.0. The summed E-state index contributed by atoms with van der Waals surface area (Å²) in [7, 11) is 0. The summed E-state index contributed by atoms with van der Waals surface area (Å²) >= 11 is 6.81. The molecule has 1 heterocycles. The normalized spacial score (nSPS) is 10.3. The van der Waals surface area contributed by atoms with Crippen LogP contribution in [0.15, 0.2) is 51.7 Å². The first-order chi connectivity index (χ1) is 9.58. The molecule has 1 amide bonds. The first-order valence-corrected chi connectivity index (χ1v) is 7.90. The third-order valence-corrected chi connectivity index (χ3v) is 4.05. The summed E-state index contributed by atoms with van der Waals surface area (Å²) in [6.07, 6.45) is 4.85. The third-order valence-electron chi connectivity index (χ3n) is 2.90.